The first-order valence-electron chi connectivity index (χ1n) is 12.9. The van der Waals surface area contributed by atoms with Gasteiger partial charge < -0.3 is 10.2 Å². The van der Waals surface area contributed by atoms with Crippen LogP contribution in [-0.4, -0.2) is 44.3 Å². The van der Waals surface area contributed by atoms with Crippen LogP contribution in [0, 0.1) is 5.92 Å². The molecule has 3 aromatic carbocycles. The van der Waals surface area contributed by atoms with Crippen LogP contribution in [0.15, 0.2) is 71.6 Å². The molecule has 220 valence electrons. The van der Waals surface area contributed by atoms with Crippen molar-refractivity contribution in [2.24, 2.45) is 5.92 Å². The first-order valence-corrected chi connectivity index (χ1v) is 15.8. The molecule has 0 heterocycles. The van der Waals surface area contributed by atoms with Gasteiger partial charge in [0.15, 0.2) is 0 Å². The lowest BCUT2D eigenvalue weighted by Gasteiger charge is -2.33. The van der Waals surface area contributed by atoms with Crippen LogP contribution in [0.25, 0.3) is 0 Å². The second-order valence-electron chi connectivity index (χ2n) is 9.77. The van der Waals surface area contributed by atoms with E-state index in [2.05, 4.69) is 5.32 Å². The number of nitrogens with zero attached hydrogens (tertiary/aromatic N) is 2. The summed E-state index contributed by atoms with van der Waals surface area (Å²) in [6.45, 7) is 5.42. The maximum absolute atomic E-state index is 14.1. The van der Waals surface area contributed by atoms with Crippen molar-refractivity contribution >= 4 is 73.9 Å². The SMILES string of the molecule is CC[C@@H](C(=O)NCC(C)C)N(Cc1ccc(Cl)cc1Cl)C(=O)CN(c1cc(Cl)cc(Cl)c1)S(=O)(=O)c1ccccc1. The van der Waals surface area contributed by atoms with Gasteiger partial charge in [-0.05, 0) is 60.4 Å². The highest BCUT2D eigenvalue weighted by Crippen LogP contribution is 2.30. The Morgan fingerprint density at radius 3 is 2.07 bits per heavy atom. The van der Waals surface area contributed by atoms with Crippen LogP contribution in [0.2, 0.25) is 20.1 Å². The topological polar surface area (TPSA) is 86.8 Å². The summed E-state index contributed by atoms with van der Waals surface area (Å²) in [6.07, 6.45) is 0.273. The normalized spacial score (nSPS) is 12.2. The highest BCUT2D eigenvalue weighted by atomic mass is 35.5. The number of hydrogen-bond donors (Lipinski definition) is 1. The molecule has 3 aromatic rings. The summed E-state index contributed by atoms with van der Waals surface area (Å²) in [5, 5.41) is 3.99. The van der Waals surface area contributed by atoms with Crippen molar-refractivity contribution in [2.75, 3.05) is 17.4 Å². The van der Waals surface area contributed by atoms with Gasteiger partial charge in [-0.1, -0.05) is 91.4 Å². The van der Waals surface area contributed by atoms with Crippen LogP contribution in [0.4, 0.5) is 5.69 Å². The zero-order valence-corrected chi connectivity index (χ0v) is 26.6. The molecule has 0 radical (unpaired) electrons. The van der Waals surface area contributed by atoms with E-state index in [1.54, 1.807) is 43.3 Å². The number of carbonyl (C=O) groups is 2. The Labute approximate surface area is 261 Å². The quantitative estimate of drug-likeness (QED) is 0.225. The smallest absolute Gasteiger partial charge is 0.264 e. The van der Waals surface area contributed by atoms with Crippen molar-refractivity contribution in [2.45, 2.75) is 44.7 Å². The molecule has 1 atom stereocenters. The van der Waals surface area contributed by atoms with Gasteiger partial charge in [-0.25, -0.2) is 8.42 Å². The Morgan fingerprint density at radius 1 is 0.878 bits per heavy atom. The van der Waals surface area contributed by atoms with Crippen LogP contribution in [0.5, 0.6) is 0 Å². The monoisotopic (exact) mass is 657 g/mol. The molecular formula is C29H31Cl4N3O4S. The van der Waals surface area contributed by atoms with Gasteiger partial charge in [-0.2, -0.15) is 0 Å². The lowest BCUT2D eigenvalue weighted by Crippen LogP contribution is -2.52. The van der Waals surface area contributed by atoms with Crippen LogP contribution in [0.3, 0.4) is 0 Å². The van der Waals surface area contributed by atoms with Crippen molar-refractivity contribution in [3.05, 3.63) is 92.4 Å². The van der Waals surface area contributed by atoms with E-state index in [1.165, 1.54) is 35.2 Å². The molecule has 7 nitrogen and oxygen atoms in total. The van der Waals surface area contributed by atoms with Crippen LogP contribution in [0.1, 0.15) is 32.8 Å². The molecule has 0 spiro atoms. The average Bonchev–Trinajstić information content (AvgIpc) is 2.91. The first-order chi connectivity index (χ1) is 19.3. The minimum absolute atomic E-state index is 0.0297. The zero-order valence-electron chi connectivity index (χ0n) is 22.8. The van der Waals surface area contributed by atoms with E-state index in [1.807, 2.05) is 13.8 Å². The number of sulfonamides is 1. The number of benzene rings is 3. The third-order valence-corrected chi connectivity index (χ3v) is 8.98. The van der Waals surface area contributed by atoms with Gasteiger partial charge in [0.2, 0.25) is 11.8 Å². The summed E-state index contributed by atoms with van der Waals surface area (Å²) in [7, 11) is -4.25. The van der Waals surface area contributed by atoms with Crippen LogP contribution < -0.4 is 9.62 Å². The molecule has 0 aliphatic heterocycles. The van der Waals surface area contributed by atoms with E-state index in [-0.39, 0.29) is 45.4 Å². The molecule has 2 amide bonds. The van der Waals surface area contributed by atoms with Crippen molar-refractivity contribution in [1.82, 2.24) is 10.2 Å². The van der Waals surface area contributed by atoms with E-state index < -0.39 is 28.5 Å². The second-order valence-corrected chi connectivity index (χ2v) is 13.4. The molecule has 0 saturated heterocycles. The molecule has 0 aliphatic carbocycles. The Morgan fingerprint density at radius 2 is 1.51 bits per heavy atom. The van der Waals surface area contributed by atoms with E-state index in [4.69, 9.17) is 46.4 Å². The van der Waals surface area contributed by atoms with Gasteiger partial charge in [-0.3, -0.25) is 13.9 Å². The lowest BCUT2D eigenvalue weighted by atomic mass is 10.1. The molecule has 0 aromatic heterocycles. The van der Waals surface area contributed by atoms with E-state index in [0.29, 0.717) is 22.2 Å². The van der Waals surface area contributed by atoms with Gasteiger partial charge in [0.1, 0.15) is 12.6 Å². The summed E-state index contributed by atoms with van der Waals surface area (Å²) in [5.74, 6) is -0.800. The van der Waals surface area contributed by atoms with Crippen LogP contribution >= 0.6 is 46.4 Å². The van der Waals surface area contributed by atoms with Gasteiger partial charge >= 0.3 is 0 Å². The number of carbonyl (C=O) groups excluding carboxylic acids is 2. The zero-order chi connectivity index (χ0) is 30.3. The molecule has 41 heavy (non-hydrogen) atoms. The number of rotatable bonds is 12. The minimum Gasteiger partial charge on any atom is -0.354 e. The molecule has 1 N–H and O–H groups in total. The highest BCUT2D eigenvalue weighted by molar-refractivity contribution is 7.92. The molecule has 0 fully saturated rings. The highest BCUT2D eigenvalue weighted by Gasteiger charge is 2.34. The number of halogens is 4. The largest absolute Gasteiger partial charge is 0.354 e. The van der Waals surface area contributed by atoms with Gasteiger partial charge in [-0.15, -0.1) is 0 Å². The molecule has 3 rings (SSSR count). The summed E-state index contributed by atoms with van der Waals surface area (Å²) in [5.41, 5.74) is 0.643. The number of nitrogens with one attached hydrogen (secondary N) is 1. The van der Waals surface area contributed by atoms with E-state index in [9.17, 15) is 18.0 Å². The Hall–Kier alpha value is -2.49. The molecule has 0 unspecified atom stereocenters. The Bertz CT molecular complexity index is 1470. The Kier molecular flexibility index (Phi) is 11.8. The van der Waals surface area contributed by atoms with Crippen molar-refractivity contribution in [3.63, 3.8) is 0 Å². The van der Waals surface area contributed by atoms with Crippen LogP contribution in [-0.2, 0) is 26.2 Å². The summed E-state index contributed by atoms with van der Waals surface area (Å²) < 4.78 is 28.7. The first kappa shape index (κ1) is 33.0. The fourth-order valence-electron chi connectivity index (χ4n) is 4.11. The maximum atomic E-state index is 14.1. The fourth-order valence-corrected chi connectivity index (χ4v) is 6.51. The fraction of sp³-hybridized carbons (Fsp3) is 0.310. The molecule has 0 saturated carbocycles. The second kappa shape index (κ2) is 14.6. The molecule has 0 aliphatic rings. The number of amides is 2. The van der Waals surface area contributed by atoms with Gasteiger partial charge in [0, 0.05) is 33.2 Å². The number of hydrogen-bond acceptors (Lipinski definition) is 4. The summed E-state index contributed by atoms with van der Waals surface area (Å²) in [4.78, 5) is 28.7. The average molecular weight is 659 g/mol. The predicted molar refractivity (Wildman–Crippen MR) is 166 cm³/mol. The molecule has 12 heteroatoms. The van der Waals surface area contributed by atoms with E-state index in [0.717, 1.165) is 4.31 Å². The van der Waals surface area contributed by atoms with E-state index >= 15 is 0 Å². The minimum atomic E-state index is -4.25. The molecule has 0 bridgehead atoms. The predicted octanol–water partition coefficient (Wildman–Crippen LogP) is 7.08. The van der Waals surface area contributed by atoms with Crippen molar-refractivity contribution < 1.29 is 18.0 Å². The standard InChI is InChI=1S/C29H31Cl4N3O4S/c1-4-27(29(38)34-16-19(2)3)35(17-20-10-11-21(30)15-26(20)33)28(37)18-36(24-13-22(31)12-23(32)14-24)41(39,40)25-8-6-5-7-9-25/h5-15,19,27H,4,16-18H2,1-3H3,(H,34,38)/t27-/m0/s1. The maximum Gasteiger partial charge on any atom is 0.264 e. The summed E-state index contributed by atoms with van der Waals surface area (Å²) >= 11 is 25.0. The number of anilines is 1. The van der Waals surface area contributed by atoms with Crippen molar-refractivity contribution in [1.29, 1.82) is 0 Å². The lowest BCUT2D eigenvalue weighted by molar-refractivity contribution is -0.140. The summed E-state index contributed by atoms with van der Waals surface area (Å²) in [6, 6.07) is 15.9. The third kappa shape index (κ3) is 8.75. The molecular weight excluding hydrogens is 628 g/mol. The van der Waals surface area contributed by atoms with Gasteiger partial charge in [0.25, 0.3) is 10.0 Å². The Balaban J connectivity index is 2.09. The van der Waals surface area contributed by atoms with Gasteiger partial charge in [0.05, 0.1) is 10.6 Å². The third-order valence-electron chi connectivity index (χ3n) is 6.17. The van der Waals surface area contributed by atoms with Crippen molar-refractivity contribution in [3.8, 4) is 0 Å².